The average molecular weight is 545 g/mol. The average Bonchev–Trinajstić information content (AvgIpc) is 3.37. The molecule has 1 atom stereocenters. The number of nitrogens with one attached hydrogen (secondary N) is 2. The van der Waals surface area contributed by atoms with Gasteiger partial charge in [-0.15, -0.1) is 12.4 Å². The Bertz CT molecular complexity index is 1270. The minimum Gasteiger partial charge on any atom is -0.453 e. The number of fused-ring (bicyclic) bond motifs is 1. The molecule has 0 bridgehead atoms. The Balaban J connectivity index is 0.00000336. The quantitative estimate of drug-likeness (QED) is 0.440. The minimum atomic E-state index is -0.530. The van der Waals surface area contributed by atoms with E-state index in [4.69, 9.17) is 20.4 Å². The first kappa shape index (κ1) is 27.6. The second-order valence-corrected chi connectivity index (χ2v) is 9.39. The number of anilines is 2. The van der Waals surface area contributed by atoms with Crippen LogP contribution in [0.1, 0.15) is 31.4 Å². The van der Waals surface area contributed by atoms with Gasteiger partial charge < -0.3 is 25.0 Å². The van der Waals surface area contributed by atoms with Gasteiger partial charge in [0, 0.05) is 43.3 Å². The zero-order valence-electron chi connectivity index (χ0n) is 21.5. The molecular weight excluding hydrogens is 512 g/mol. The van der Waals surface area contributed by atoms with Crippen molar-refractivity contribution in [3.63, 3.8) is 0 Å². The molecule has 1 aromatic carbocycles. The van der Waals surface area contributed by atoms with E-state index in [1.54, 1.807) is 6.92 Å². The summed E-state index contributed by atoms with van der Waals surface area (Å²) in [5.41, 5.74) is 9.66. The zero-order valence-corrected chi connectivity index (χ0v) is 22.3. The fourth-order valence-electron chi connectivity index (χ4n) is 4.90. The molecule has 0 radical (unpaired) electrons. The molecule has 0 unspecified atom stereocenters. The number of nitrogens with zero attached hydrogens (tertiary/aromatic N) is 5. The maximum Gasteiger partial charge on any atom is 0.411 e. The van der Waals surface area contributed by atoms with Crippen LogP contribution in [0.3, 0.4) is 0 Å². The van der Waals surface area contributed by atoms with Gasteiger partial charge in [0.25, 0.3) is 0 Å². The summed E-state index contributed by atoms with van der Waals surface area (Å²) < 4.78 is 10.2. The van der Waals surface area contributed by atoms with Crippen molar-refractivity contribution in [1.82, 2.24) is 25.1 Å². The summed E-state index contributed by atoms with van der Waals surface area (Å²) in [7, 11) is 1.33. The number of morpholine rings is 1. The van der Waals surface area contributed by atoms with E-state index in [0.29, 0.717) is 56.7 Å². The summed E-state index contributed by atoms with van der Waals surface area (Å²) >= 11 is 0. The smallest absolute Gasteiger partial charge is 0.411 e. The predicted molar refractivity (Wildman–Crippen MR) is 146 cm³/mol. The molecule has 204 valence electrons. The summed E-state index contributed by atoms with van der Waals surface area (Å²) in [6.45, 7) is 5.65. The first-order chi connectivity index (χ1) is 17.9. The van der Waals surface area contributed by atoms with Crippen LogP contribution in [-0.4, -0.2) is 89.6 Å². The Hall–Kier alpha value is -3.48. The minimum absolute atomic E-state index is 0. The Morgan fingerprint density at radius 2 is 1.82 bits per heavy atom. The number of carbonyl (C=O) groups is 2. The van der Waals surface area contributed by atoms with E-state index in [2.05, 4.69) is 25.2 Å². The van der Waals surface area contributed by atoms with E-state index in [9.17, 15) is 9.59 Å². The van der Waals surface area contributed by atoms with Crippen LogP contribution in [0.5, 0.6) is 0 Å². The molecule has 2 amide bonds. The van der Waals surface area contributed by atoms with E-state index in [0.717, 1.165) is 35.2 Å². The number of carbonyl (C=O) groups excluding carboxylic acids is 2. The lowest BCUT2D eigenvalue weighted by Gasteiger charge is -2.32. The highest BCUT2D eigenvalue weighted by Gasteiger charge is 2.29. The molecule has 5 rings (SSSR count). The van der Waals surface area contributed by atoms with Crippen LogP contribution in [0.25, 0.3) is 22.3 Å². The second-order valence-electron chi connectivity index (χ2n) is 9.39. The van der Waals surface area contributed by atoms with Gasteiger partial charge in [-0.25, -0.2) is 9.78 Å². The van der Waals surface area contributed by atoms with Crippen LogP contribution in [0, 0.1) is 0 Å². The molecule has 2 aliphatic rings. The molecule has 0 spiro atoms. The Labute approximate surface area is 226 Å². The highest BCUT2D eigenvalue weighted by atomic mass is 35.5. The number of aromatic nitrogens is 4. The van der Waals surface area contributed by atoms with Crippen molar-refractivity contribution in [1.29, 1.82) is 0 Å². The van der Waals surface area contributed by atoms with Crippen molar-refractivity contribution in [2.45, 2.75) is 31.7 Å². The summed E-state index contributed by atoms with van der Waals surface area (Å²) in [6.07, 6.45) is 1.06. The first-order valence-corrected chi connectivity index (χ1v) is 12.5. The number of hydrogen-bond acceptors (Lipinski definition) is 9. The lowest BCUT2D eigenvalue weighted by atomic mass is 9.90. The van der Waals surface area contributed by atoms with Gasteiger partial charge in [0.05, 0.1) is 43.1 Å². The number of aromatic amines is 1. The SMILES string of the molecule is COC(=O)Nc1ccc(-c2nc(N3CCOCC3)nc3n[nH]c(C4CCN(C(=O)[C@H](C)N)CC4)c23)cc1.Cl. The first-order valence-electron chi connectivity index (χ1n) is 12.5. The maximum atomic E-state index is 12.4. The number of H-pyrrole nitrogens is 1. The Kier molecular flexibility index (Phi) is 8.65. The van der Waals surface area contributed by atoms with Crippen LogP contribution >= 0.6 is 12.4 Å². The number of hydrogen-bond donors (Lipinski definition) is 3. The Morgan fingerprint density at radius 3 is 2.45 bits per heavy atom. The van der Waals surface area contributed by atoms with Crippen molar-refractivity contribution < 1.29 is 19.1 Å². The van der Waals surface area contributed by atoms with Gasteiger partial charge in [-0.2, -0.15) is 10.1 Å². The molecule has 2 aromatic heterocycles. The summed E-state index contributed by atoms with van der Waals surface area (Å²) in [4.78, 5) is 37.7. The zero-order chi connectivity index (χ0) is 25.9. The molecule has 12 nitrogen and oxygen atoms in total. The molecule has 4 heterocycles. The standard InChI is InChI=1S/C25H32N8O4.ClH/c1-15(26)23(34)32-9-7-17(8-10-32)21-19-20(16-3-5-18(6-4-16)27-25(35)36-2)28-24(29-22(19)31-30-21)33-11-13-37-14-12-33;/h3-6,15,17H,7-14,26H2,1-2H3,(H,27,35)(H,28,29,30,31);1H/t15-;/m0./s1. The summed E-state index contributed by atoms with van der Waals surface area (Å²) in [5.74, 6) is 0.768. The summed E-state index contributed by atoms with van der Waals surface area (Å²) in [6, 6.07) is 6.95. The number of rotatable bonds is 5. The highest BCUT2D eigenvalue weighted by molar-refractivity contribution is 5.94. The van der Waals surface area contributed by atoms with E-state index >= 15 is 0 Å². The maximum absolute atomic E-state index is 12.4. The molecule has 2 fully saturated rings. The number of methoxy groups -OCH3 is 1. The van der Waals surface area contributed by atoms with Crippen LogP contribution in [0.2, 0.25) is 0 Å². The Morgan fingerprint density at radius 1 is 1.13 bits per heavy atom. The van der Waals surface area contributed by atoms with Crippen molar-refractivity contribution in [2.75, 3.05) is 56.7 Å². The summed E-state index contributed by atoms with van der Waals surface area (Å²) in [5, 5.41) is 11.4. The third-order valence-electron chi connectivity index (χ3n) is 6.92. The van der Waals surface area contributed by atoms with Crippen LogP contribution < -0.4 is 16.0 Å². The third kappa shape index (κ3) is 5.66. The normalized spacial score (nSPS) is 17.1. The molecule has 38 heavy (non-hydrogen) atoms. The van der Waals surface area contributed by atoms with Gasteiger partial charge in [-0.3, -0.25) is 15.2 Å². The molecule has 2 aliphatic heterocycles. The van der Waals surface area contributed by atoms with Crippen molar-refractivity contribution in [2.24, 2.45) is 5.73 Å². The van der Waals surface area contributed by atoms with Gasteiger partial charge in [0.2, 0.25) is 11.9 Å². The molecule has 0 saturated carbocycles. The van der Waals surface area contributed by atoms with Gasteiger partial charge >= 0.3 is 6.09 Å². The van der Waals surface area contributed by atoms with E-state index in [-0.39, 0.29) is 24.2 Å². The van der Waals surface area contributed by atoms with Gasteiger partial charge in [0.15, 0.2) is 5.65 Å². The number of likely N-dealkylation sites (tertiary alicyclic amines) is 1. The lowest BCUT2D eigenvalue weighted by molar-refractivity contribution is -0.133. The van der Waals surface area contributed by atoms with Crippen molar-refractivity contribution >= 4 is 47.1 Å². The van der Waals surface area contributed by atoms with Gasteiger partial charge in [-0.05, 0) is 31.9 Å². The molecular formula is C25H33ClN8O4. The van der Waals surface area contributed by atoms with Gasteiger partial charge in [-0.1, -0.05) is 12.1 Å². The number of halogens is 1. The molecule has 4 N–H and O–H groups in total. The molecule has 2 saturated heterocycles. The highest BCUT2D eigenvalue weighted by Crippen LogP contribution is 2.37. The van der Waals surface area contributed by atoms with Crippen molar-refractivity contribution in [3.8, 4) is 11.3 Å². The van der Waals surface area contributed by atoms with Gasteiger partial charge in [0.1, 0.15) is 0 Å². The van der Waals surface area contributed by atoms with Crippen molar-refractivity contribution in [3.05, 3.63) is 30.0 Å². The molecule has 0 aliphatic carbocycles. The van der Waals surface area contributed by atoms with E-state index in [1.165, 1.54) is 7.11 Å². The molecule has 3 aromatic rings. The predicted octanol–water partition coefficient (Wildman–Crippen LogP) is 2.51. The van der Waals surface area contributed by atoms with E-state index < -0.39 is 12.1 Å². The number of piperidine rings is 1. The van der Waals surface area contributed by atoms with Crippen LogP contribution in [0.4, 0.5) is 16.4 Å². The second kappa shape index (κ2) is 11.9. The topological polar surface area (TPSA) is 152 Å². The monoisotopic (exact) mass is 544 g/mol. The number of nitrogens with two attached hydrogens (primary N) is 1. The van der Waals surface area contributed by atoms with Crippen LogP contribution in [0.15, 0.2) is 24.3 Å². The fraction of sp³-hybridized carbons (Fsp3) is 0.480. The number of ether oxygens (including phenoxy) is 2. The molecule has 13 heteroatoms. The fourth-order valence-corrected chi connectivity index (χ4v) is 4.90. The number of amides is 2. The van der Waals surface area contributed by atoms with E-state index in [1.807, 2.05) is 29.2 Å². The third-order valence-corrected chi connectivity index (χ3v) is 6.92. The largest absolute Gasteiger partial charge is 0.453 e. The lowest BCUT2D eigenvalue weighted by Crippen LogP contribution is -2.45. The van der Waals surface area contributed by atoms with Crippen LogP contribution in [-0.2, 0) is 14.3 Å². The number of benzene rings is 1.